The number of aliphatic hydroxyl groups excluding tert-OH is 1. The van der Waals surface area contributed by atoms with Crippen molar-refractivity contribution in [1.29, 1.82) is 0 Å². The van der Waals surface area contributed by atoms with Crippen LogP contribution in [0.25, 0.3) is 0 Å². The number of nitrogens with two attached hydrogens (primary N) is 1. The van der Waals surface area contributed by atoms with Crippen LogP contribution in [0.4, 0.5) is 17.5 Å². The van der Waals surface area contributed by atoms with Gasteiger partial charge in [0.05, 0.1) is 49.4 Å². The van der Waals surface area contributed by atoms with Crippen molar-refractivity contribution in [3.63, 3.8) is 0 Å². The summed E-state index contributed by atoms with van der Waals surface area (Å²) >= 11 is 8.16. The highest BCUT2D eigenvalue weighted by molar-refractivity contribution is 7.99. The number of rotatable bonds is 7. The molecule has 0 aliphatic carbocycles. The van der Waals surface area contributed by atoms with E-state index in [4.69, 9.17) is 26.8 Å². The number of hydrogen-bond donors (Lipinski definition) is 4. The lowest BCUT2D eigenvalue weighted by molar-refractivity contribution is -0.0377. The lowest BCUT2D eigenvalue weighted by atomic mass is 9.73. The van der Waals surface area contributed by atoms with Crippen LogP contribution in [0.2, 0.25) is 5.02 Å². The summed E-state index contributed by atoms with van der Waals surface area (Å²) in [4.78, 5) is 25.8. The molecule has 4 atom stereocenters. The predicted octanol–water partition coefficient (Wildman–Crippen LogP) is 2.56. The maximum absolute atomic E-state index is 9.67. The molecular formula is C27H34ClN9O3S. The number of morpholine rings is 1. The Morgan fingerprint density at radius 2 is 2.00 bits per heavy atom. The second kappa shape index (κ2) is 12.3. The molecule has 6 rings (SSSR count). The number of aromatic nitrogens is 5. The van der Waals surface area contributed by atoms with Crippen LogP contribution in [-0.4, -0.2) is 87.7 Å². The number of piperidine rings is 1. The first-order chi connectivity index (χ1) is 20.0. The van der Waals surface area contributed by atoms with Crippen molar-refractivity contribution < 1.29 is 14.6 Å². The minimum absolute atomic E-state index is 0.0688. The van der Waals surface area contributed by atoms with Gasteiger partial charge in [-0.15, -0.1) is 0 Å². The molecule has 218 valence electrons. The topological polar surface area (TPSA) is 156 Å². The third-order valence-electron chi connectivity index (χ3n) is 8.16. The number of aliphatic hydroxyl groups is 1. The van der Waals surface area contributed by atoms with Crippen molar-refractivity contribution in [2.75, 3.05) is 49.7 Å². The van der Waals surface area contributed by atoms with Gasteiger partial charge in [-0.2, -0.15) is 0 Å². The van der Waals surface area contributed by atoms with Crippen LogP contribution in [0.1, 0.15) is 31.6 Å². The molecule has 0 bridgehead atoms. The third-order valence-corrected chi connectivity index (χ3v) is 9.64. The monoisotopic (exact) mass is 599 g/mol. The molecule has 1 spiro atoms. The number of anilines is 3. The Balaban J connectivity index is 1.10. The molecule has 6 heterocycles. The van der Waals surface area contributed by atoms with Crippen LogP contribution >= 0.6 is 23.4 Å². The van der Waals surface area contributed by atoms with E-state index in [1.54, 1.807) is 24.7 Å². The Labute approximate surface area is 247 Å². The van der Waals surface area contributed by atoms with E-state index in [0.29, 0.717) is 35.6 Å². The average molecular weight is 600 g/mol. The average Bonchev–Trinajstić information content (AvgIpc) is 3.28. The molecular weight excluding hydrogens is 566 g/mol. The van der Waals surface area contributed by atoms with Gasteiger partial charge in [0, 0.05) is 48.4 Å². The largest absolute Gasteiger partial charge is 0.394 e. The van der Waals surface area contributed by atoms with Gasteiger partial charge in [-0.1, -0.05) is 23.4 Å². The van der Waals surface area contributed by atoms with Crippen molar-refractivity contribution in [2.24, 2.45) is 11.1 Å². The minimum atomic E-state index is -0.413. The number of ether oxygens (including phenoxy) is 2. The molecule has 0 saturated carbocycles. The SMILES string of the molecule is C[C@@H]1OCC2(CCN(c3cnc(Sc4ccnc(Nc5ccnc([C@@H]6NCCO[C@@H]6CO)n5)c4Cl)cn3)CC2)[C@@H]1N. The molecule has 0 aromatic carbocycles. The lowest BCUT2D eigenvalue weighted by Gasteiger charge is -2.41. The van der Waals surface area contributed by atoms with E-state index in [0.717, 1.165) is 48.3 Å². The first kappa shape index (κ1) is 28.5. The Bertz CT molecular complexity index is 1350. The van der Waals surface area contributed by atoms with Gasteiger partial charge in [0.1, 0.15) is 28.6 Å². The van der Waals surface area contributed by atoms with Crippen LogP contribution in [-0.2, 0) is 9.47 Å². The van der Waals surface area contributed by atoms with E-state index in [-0.39, 0.29) is 30.2 Å². The van der Waals surface area contributed by atoms with Gasteiger partial charge < -0.3 is 35.8 Å². The van der Waals surface area contributed by atoms with Crippen molar-refractivity contribution in [3.05, 3.63) is 47.8 Å². The van der Waals surface area contributed by atoms with E-state index in [9.17, 15) is 5.11 Å². The number of nitrogens with one attached hydrogen (secondary N) is 2. The highest BCUT2D eigenvalue weighted by atomic mass is 35.5. The number of halogens is 1. The fourth-order valence-corrected chi connectivity index (χ4v) is 6.69. The summed E-state index contributed by atoms with van der Waals surface area (Å²) in [6.07, 6.45) is 8.59. The van der Waals surface area contributed by atoms with Crippen LogP contribution in [0.5, 0.6) is 0 Å². The molecule has 0 radical (unpaired) electrons. The van der Waals surface area contributed by atoms with Crippen molar-refractivity contribution in [3.8, 4) is 0 Å². The van der Waals surface area contributed by atoms with Gasteiger partial charge >= 0.3 is 0 Å². The summed E-state index contributed by atoms with van der Waals surface area (Å²) in [5.41, 5.74) is 6.53. The third kappa shape index (κ3) is 5.98. The van der Waals surface area contributed by atoms with E-state index in [2.05, 4.69) is 47.4 Å². The molecule has 3 aromatic rings. The Kier molecular flexibility index (Phi) is 8.54. The van der Waals surface area contributed by atoms with Crippen LogP contribution in [0.15, 0.2) is 46.8 Å². The fourth-order valence-electron chi connectivity index (χ4n) is 5.67. The van der Waals surface area contributed by atoms with Crippen molar-refractivity contribution in [1.82, 2.24) is 30.2 Å². The minimum Gasteiger partial charge on any atom is -0.394 e. The summed E-state index contributed by atoms with van der Waals surface area (Å²) in [7, 11) is 0. The van der Waals surface area contributed by atoms with Crippen LogP contribution < -0.4 is 21.3 Å². The molecule has 3 saturated heterocycles. The normalized spacial score (nSPS) is 25.9. The first-order valence-electron chi connectivity index (χ1n) is 13.8. The van der Waals surface area contributed by atoms with Gasteiger partial charge in [0.15, 0.2) is 5.82 Å². The maximum Gasteiger partial charge on any atom is 0.151 e. The van der Waals surface area contributed by atoms with E-state index >= 15 is 0 Å². The smallest absolute Gasteiger partial charge is 0.151 e. The molecule has 12 nitrogen and oxygen atoms in total. The Morgan fingerprint density at radius 1 is 1.17 bits per heavy atom. The predicted molar refractivity (Wildman–Crippen MR) is 156 cm³/mol. The zero-order valence-corrected chi connectivity index (χ0v) is 24.3. The van der Waals surface area contributed by atoms with Crippen molar-refractivity contribution >= 4 is 40.8 Å². The molecule has 41 heavy (non-hydrogen) atoms. The van der Waals surface area contributed by atoms with Crippen molar-refractivity contribution in [2.45, 2.75) is 54.0 Å². The van der Waals surface area contributed by atoms with E-state index < -0.39 is 6.10 Å². The summed E-state index contributed by atoms with van der Waals surface area (Å²) in [5, 5.41) is 17.3. The summed E-state index contributed by atoms with van der Waals surface area (Å²) in [5.74, 6) is 2.36. The molecule has 3 aromatic heterocycles. The van der Waals surface area contributed by atoms with Gasteiger partial charge in [-0.3, -0.25) is 0 Å². The summed E-state index contributed by atoms with van der Waals surface area (Å²) in [6.45, 7) is 5.62. The zero-order valence-electron chi connectivity index (χ0n) is 22.7. The zero-order chi connectivity index (χ0) is 28.4. The molecule has 0 unspecified atom stereocenters. The first-order valence-corrected chi connectivity index (χ1v) is 15.0. The van der Waals surface area contributed by atoms with Gasteiger partial charge in [0.25, 0.3) is 0 Å². The molecule has 0 amide bonds. The fraction of sp³-hybridized carbons (Fsp3) is 0.519. The number of hydrogen-bond acceptors (Lipinski definition) is 13. The second-order valence-corrected chi connectivity index (χ2v) is 12.1. The van der Waals surface area contributed by atoms with Crippen LogP contribution in [0.3, 0.4) is 0 Å². The Hall–Kier alpha value is -2.65. The second-order valence-electron chi connectivity index (χ2n) is 10.6. The van der Waals surface area contributed by atoms with Crippen LogP contribution in [0, 0.1) is 5.41 Å². The van der Waals surface area contributed by atoms with Gasteiger partial charge in [0.2, 0.25) is 0 Å². The molecule has 3 fully saturated rings. The van der Waals surface area contributed by atoms with E-state index in [1.165, 1.54) is 11.8 Å². The molecule has 3 aliphatic rings. The molecule has 3 aliphatic heterocycles. The lowest BCUT2D eigenvalue weighted by Crippen LogP contribution is -2.50. The summed E-state index contributed by atoms with van der Waals surface area (Å²) < 4.78 is 11.5. The molecule has 14 heteroatoms. The Morgan fingerprint density at radius 3 is 2.73 bits per heavy atom. The molecule has 5 N–H and O–H groups in total. The van der Waals surface area contributed by atoms with Gasteiger partial charge in [-0.25, -0.2) is 24.9 Å². The summed E-state index contributed by atoms with van der Waals surface area (Å²) in [6, 6.07) is 3.34. The van der Waals surface area contributed by atoms with Gasteiger partial charge in [-0.05, 0) is 31.9 Å². The highest BCUT2D eigenvalue weighted by Gasteiger charge is 2.47. The number of nitrogens with zero attached hydrogens (tertiary/aromatic N) is 6. The quantitative estimate of drug-likeness (QED) is 0.314. The van der Waals surface area contributed by atoms with E-state index in [1.807, 2.05) is 12.3 Å². The highest BCUT2D eigenvalue weighted by Crippen LogP contribution is 2.42. The maximum atomic E-state index is 9.67. The number of pyridine rings is 1. The standard InChI is InChI=1S/C27H34ClN9O3S/c1-16-24(29)27(15-40-16)4-9-37(10-5-27)20-12-34-21(13-33-20)41-18-2-6-31-25(22(18)28)35-19-3-7-32-26(36-19)23-17(14-38)39-11-8-30-23/h2-3,6-7,12-13,16-17,23-24,30,38H,4-5,8-11,14-15,29H2,1H3,(H,31,32,35,36)/t16-,17+,23+,24+/m0/s1.